The van der Waals surface area contributed by atoms with Crippen molar-refractivity contribution in [1.82, 2.24) is 0 Å². The van der Waals surface area contributed by atoms with Crippen molar-refractivity contribution in [2.75, 3.05) is 0 Å². The lowest BCUT2D eigenvalue weighted by Gasteiger charge is -2.20. The van der Waals surface area contributed by atoms with Crippen LogP contribution in [-0.4, -0.2) is 0 Å². The zero-order valence-corrected chi connectivity index (χ0v) is 11.9. The lowest BCUT2D eigenvalue weighted by atomic mass is 9.86. The summed E-state index contributed by atoms with van der Waals surface area (Å²) in [4.78, 5) is 0. The molecule has 126 valence electrons. The van der Waals surface area contributed by atoms with Crippen molar-refractivity contribution >= 4 is 5.57 Å². The normalized spacial score (nSPS) is 14.4. The maximum Gasteiger partial charge on any atom is 0.422 e. The Labute approximate surface area is 132 Å². The zero-order valence-electron chi connectivity index (χ0n) is 11.9. The number of hydrogen-bond donors (Lipinski definition) is 0. The van der Waals surface area contributed by atoms with E-state index in [1.807, 2.05) is 0 Å². The van der Waals surface area contributed by atoms with Gasteiger partial charge in [-0.15, -0.1) is 0 Å². The minimum absolute atomic E-state index is 0.154. The van der Waals surface area contributed by atoms with E-state index in [0.29, 0.717) is 24.0 Å². The van der Waals surface area contributed by atoms with Gasteiger partial charge in [-0.2, -0.15) is 13.2 Å². The van der Waals surface area contributed by atoms with E-state index in [1.165, 1.54) is 12.1 Å². The Kier molecular flexibility index (Phi) is 3.89. The number of fused-ring (bicyclic) bond motifs is 1. The van der Waals surface area contributed by atoms with Gasteiger partial charge in [0.1, 0.15) is 5.56 Å². The van der Waals surface area contributed by atoms with Crippen LogP contribution in [-0.2, 0) is 12.6 Å². The van der Waals surface area contributed by atoms with Crippen molar-refractivity contribution in [1.29, 1.82) is 0 Å². The fourth-order valence-corrected chi connectivity index (χ4v) is 2.84. The van der Waals surface area contributed by atoms with Gasteiger partial charge in [-0.25, -0.2) is 17.6 Å². The van der Waals surface area contributed by atoms with Crippen LogP contribution in [0.25, 0.3) is 5.57 Å². The molecule has 0 heterocycles. The first-order valence-corrected chi connectivity index (χ1v) is 6.95. The lowest BCUT2D eigenvalue weighted by Crippen LogP contribution is -2.17. The molecule has 24 heavy (non-hydrogen) atoms. The summed E-state index contributed by atoms with van der Waals surface area (Å²) >= 11 is 0. The van der Waals surface area contributed by atoms with Crippen molar-refractivity contribution in [3.8, 4) is 0 Å². The third-order valence-corrected chi connectivity index (χ3v) is 3.89. The van der Waals surface area contributed by atoms with Gasteiger partial charge in [0.25, 0.3) is 0 Å². The van der Waals surface area contributed by atoms with Gasteiger partial charge in [0, 0.05) is 0 Å². The van der Waals surface area contributed by atoms with Crippen LogP contribution in [0.5, 0.6) is 0 Å². The summed E-state index contributed by atoms with van der Waals surface area (Å²) in [6, 6.07) is 6.41. The second kappa shape index (κ2) is 5.65. The van der Waals surface area contributed by atoms with Crippen molar-refractivity contribution in [3.05, 3.63) is 75.9 Å². The molecule has 2 aromatic carbocycles. The van der Waals surface area contributed by atoms with Crippen LogP contribution in [0.1, 0.15) is 28.7 Å². The molecule has 0 aliphatic heterocycles. The van der Waals surface area contributed by atoms with Gasteiger partial charge < -0.3 is 0 Å². The van der Waals surface area contributed by atoms with E-state index in [0.717, 1.165) is 0 Å². The van der Waals surface area contributed by atoms with Gasteiger partial charge in [-0.1, -0.05) is 30.3 Å². The Morgan fingerprint density at radius 1 is 0.792 bits per heavy atom. The zero-order chi connectivity index (χ0) is 17.6. The summed E-state index contributed by atoms with van der Waals surface area (Å²) in [5, 5.41) is 0. The average Bonchev–Trinajstić information content (AvgIpc) is 2.52. The minimum Gasteiger partial charge on any atom is -0.203 e. The third-order valence-electron chi connectivity index (χ3n) is 3.89. The summed E-state index contributed by atoms with van der Waals surface area (Å²) in [6.45, 7) is 0. The lowest BCUT2D eigenvalue weighted by molar-refractivity contribution is -0.143. The number of rotatable bonds is 1. The molecule has 3 rings (SSSR count). The summed E-state index contributed by atoms with van der Waals surface area (Å²) < 4.78 is 93.9. The minimum atomic E-state index is -5.55. The van der Waals surface area contributed by atoms with Crippen LogP contribution < -0.4 is 0 Å². The number of alkyl halides is 3. The van der Waals surface area contributed by atoms with Gasteiger partial charge in [0.2, 0.25) is 0 Å². The van der Waals surface area contributed by atoms with Crippen LogP contribution >= 0.6 is 0 Å². The van der Waals surface area contributed by atoms with Crippen LogP contribution in [0.15, 0.2) is 30.3 Å². The van der Waals surface area contributed by atoms with Gasteiger partial charge in [0.15, 0.2) is 23.3 Å². The Balaban J connectivity index is 2.30. The molecule has 1 aliphatic carbocycles. The maximum absolute atomic E-state index is 14.2. The molecule has 0 aromatic heterocycles. The van der Waals surface area contributed by atoms with E-state index in [4.69, 9.17) is 0 Å². The molecular formula is C17H9F7. The van der Waals surface area contributed by atoms with Crippen LogP contribution in [0.3, 0.4) is 0 Å². The van der Waals surface area contributed by atoms with E-state index in [1.54, 1.807) is 18.2 Å². The van der Waals surface area contributed by atoms with E-state index < -0.39 is 40.6 Å². The second-order valence-corrected chi connectivity index (χ2v) is 5.32. The molecule has 0 unspecified atom stereocenters. The molecule has 0 saturated carbocycles. The van der Waals surface area contributed by atoms with Gasteiger partial charge in [0.05, 0.1) is 5.56 Å². The molecule has 0 nitrogen and oxygen atoms in total. The van der Waals surface area contributed by atoms with E-state index in [-0.39, 0.29) is 5.57 Å². The van der Waals surface area contributed by atoms with Crippen molar-refractivity contribution in [2.24, 2.45) is 0 Å². The molecule has 0 bridgehead atoms. The molecule has 7 heteroatoms. The Bertz CT molecular complexity index is 818. The number of hydrogen-bond acceptors (Lipinski definition) is 0. The Hall–Kier alpha value is -2.31. The third kappa shape index (κ3) is 2.48. The van der Waals surface area contributed by atoms with Crippen molar-refractivity contribution in [2.45, 2.75) is 19.0 Å². The number of benzene rings is 2. The molecular weight excluding hydrogens is 337 g/mol. The molecule has 0 radical (unpaired) electrons. The van der Waals surface area contributed by atoms with E-state index in [9.17, 15) is 30.7 Å². The van der Waals surface area contributed by atoms with Gasteiger partial charge in [-0.05, 0) is 29.5 Å². The van der Waals surface area contributed by atoms with Crippen molar-refractivity contribution < 1.29 is 30.7 Å². The molecule has 0 atom stereocenters. The smallest absolute Gasteiger partial charge is 0.203 e. The molecule has 1 aliphatic rings. The molecule has 2 aromatic rings. The predicted molar refractivity (Wildman–Crippen MR) is 73.1 cm³/mol. The first kappa shape index (κ1) is 16.5. The molecule has 0 saturated heterocycles. The summed E-state index contributed by atoms with van der Waals surface area (Å²) in [6.07, 6.45) is -3.30. The Morgan fingerprint density at radius 3 is 1.96 bits per heavy atom. The Morgan fingerprint density at radius 2 is 1.38 bits per heavy atom. The highest BCUT2D eigenvalue weighted by Crippen LogP contribution is 2.41. The number of halogens is 7. The van der Waals surface area contributed by atoms with E-state index >= 15 is 0 Å². The summed E-state index contributed by atoms with van der Waals surface area (Å²) in [5.74, 6) is -8.99. The largest absolute Gasteiger partial charge is 0.422 e. The maximum atomic E-state index is 14.2. The first-order valence-electron chi connectivity index (χ1n) is 6.95. The quantitative estimate of drug-likeness (QED) is 0.463. The summed E-state index contributed by atoms with van der Waals surface area (Å²) in [5.41, 5.74) is -2.82. The van der Waals surface area contributed by atoms with E-state index in [2.05, 4.69) is 0 Å². The van der Waals surface area contributed by atoms with Gasteiger partial charge >= 0.3 is 6.18 Å². The molecule has 0 N–H and O–H groups in total. The average molecular weight is 346 g/mol. The molecule has 0 amide bonds. The standard InChI is InChI=1S/C17H9F7/c18-13-11(10-7-3-5-8-4-1-2-6-9(8)10)14(19)16(21)12(15(13)20)17(22,23)24/h1-2,4,6-7H,3,5H2. The topological polar surface area (TPSA) is 0 Å². The number of aryl methyl sites for hydroxylation is 1. The predicted octanol–water partition coefficient (Wildman–Crippen LogP) is 5.64. The SMILES string of the molecule is Fc1c(F)c(C(F)(F)F)c(F)c(F)c1C1=CCCc2ccccc21. The number of allylic oxidation sites excluding steroid dienone is 1. The fourth-order valence-electron chi connectivity index (χ4n) is 2.84. The highest BCUT2D eigenvalue weighted by molar-refractivity contribution is 5.83. The first-order chi connectivity index (χ1) is 11.2. The summed E-state index contributed by atoms with van der Waals surface area (Å²) in [7, 11) is 0. The molecule has 0 fully saturated rings. The van der Waals surface area contributed by atoms with Crippen molar-refractivity contribution in [3.63, 3.8) is 0 Å². The molecule has 0 spiro atoms. The highest BCUT2D eigenvalue weighted by Gasteiger charge is 2.42. The second-order valence-electron chi connectivity index (χ2n) is 5.32. The highest BCUT2D eigenvalue weighted by atomic mass is 19.4. The fraction of sp³-hybridized carbons (Fsp3) is 0.176. The van der Waals surface area contributed by atoms with Crippen LogP contribution in [0.2, 0.25) is 0 Å². The van der Waals surface area contributed by atoms with Crippen LogP contribution in [0.4, 0.5) is 30.7 Å². The monoisotopic (exact) mass is 346 g/mol. The van der Waals surface area contributed by atoms with Gasteiger partial charge in [-0.3, -0.25) is 0 Å². The van der Waals surface area contributed by atoms with Crippen LogP contribution in [0, 0.1) is 23.3 Å².